The van der Waals surface area contributed by atoms with Crippen molar-refractivity contribution in [3.05, 3.63) is 71.8 Å². The summed E-state index contributed by atoms with van der Waals surface area (Å²) in [7, 11) is 0. The monoisotopic (exact) mass is 411 g/mol. The van der Waals surface area contributed by atoms with Crippen LogP contribution >= 0.6 is 0 Å². The van der Waals surface area contributed by atoms with Crippen molar-refractivity contribution < 1.29 is 23.9 Å². The predicted molar refractivity (Wildman–Crippen MR) is 110 cm³/mol. The Labute approximate surface area is 175 Å². The van der Waals surface area contributed by atoms with Crippen LogP contribution in [0, 0.1) is 0 Å². The van der Waals surface area contributed by atoms with Crippen molar-refractivity contribution in [2.45, 2.75) is 19.4 Å². The number of esters is 1. The van der Waals surface area contributed by atoms with E-state index in [0.29, 0.717) is 12.1 Å². The van der Waals surface area contributed by atoms with E-state index in [1.165, 1.54) is 0 Å². The van der Waals surface area contributed by atoms with E-state index in [4.69, 9.17) is 4.74 Å². The van der Waals surface area contributed by atoms with Gasteiger partial charge in [0.25, 0.3) is 11.8 Å². The highest BCUT2D eigenvalue weighted by molar-refractivity contribution is 5.94. The summed E-state index contributed by atoms with van der Waals surface area (Å²) in [5.41, 5.74) is 1.20. The Kier molecular flexibility index (Phi) is 9.05. The highest BCUT2D eigenvalue weighted by Crippen LogP contribution is 2.18. The third-order valence-corrected chi connectivity index (χ3v) is 4.10. The topological polar surface area (TPSA) is 114 Å². The number of ether oxygens (including phenoxy) is 1. The van der Waals surface area contributed by atoms with Gasteiger partial charge in [0.05, 0.1) is 19.0 Å². The molecule has 0 aliphatic carbocycles. The lowest BCUT2D eigenvalue weighted by Gasteiger charge is -2.18. The van der Waals surface area contributed by atoms with Crippen LogP contribution in [0.3, 0.4) is 0 Å². The molecule has 1 atom stereocenters. The van der Waals surface area contributed by atoms with E-state index in [-0.39, 0.29) is 24.8 Å². The Morgan fingerprint density at radius 3 is 2.13 bits per heavy atom. The Morgan fingerprint density at radius 2 is 1.50 bits per heavy atom. The minimum absolute atomic E-state index is 0.147. The van der Waals surface area contributed by atoms with Crippen molar-refractivity contribution in [3.63, 3.8) is 0 Å². The molecule has 3 amide bonds. The highest BCUT2D eigenvalue weighted by Gasteiger charge is 2.20. The van der Waals surface area contributed by atoms with Crippen LogP contribution in [0.1, 0.15) is 35.3 Å². The van der Waals surface area contributed by atoms with Gasteiger partial charge in [0.15, 0.2) is 6.61 Å². The fraction of sp³-hybridized carbons (Fsp3) is 0.273. The Hall–Kier alpha value is -3.68. The van der Waals surface area contributed by atoms with Crippen molar-refractivity contribution in [2.75, 3.05) is 19.7 Å². The first-order chi connectivity index (χ1) is 14.5. The lowest BCUT2D eigenvalue weighted by molar-refractivity contribution is -0.149. The maximum atomic E-state index is 12.5. The molecular formula is C22H25N3O5. The molecule has 0 aliphatic heterocycles. The molecule has 0 heterocycles. The molecule has 8 nitrogen and oxygen atoms in total. The molecule has 0 unspecified atom stereocenters. The van der Waals surface area contributed by atoms with E-state index in [1.807, 2.05) is 6.07 Å². The van der Waals surface area contributed by atoms with E-state index in [1.54, 1.807) is 61.5 Å². The second-order valence-electron chi connectivity index (χ2n) is 6.40. The SMILES string of the molecule is CCNC(=O)CNC(=O)COC(=O)C[C@@H](NC(=O)c1ccccc1)c1ccccc1. The number of carbonyl (C=O) groups excluding carboxylic acids is 4. The van der Waals surface area contributed by atoms with Crippen LogP contribution in [0.5, 0.6) is 0 Å². The fourth-order valence-corrected chi connectivity index (χ4v) is 2.63. The molecule has 0 saturated heterocycles. The quantitative estimate of drug-likeness (QED) is 0.511. The maximum absolute atomic E-state index is 12.5. The van der Waals surface area contributed by atoms with Crippen LogP contribution < -0.4 is 16.0 Å². The summed E-state index contributed by atoms with van der Waals surface area (Å²) in [6.07, 6.45) is -0.147. The minimum Gasteiger partial charge on any atom is -0.456 e. The first-order valence-corrected chi connectivity index (χ1v) is 9.59. The van der Waals surface area contributed by atoms with Crippen LogP contribution in [0.15, 0.2) is 60.7 Å². The second kappa shape index (κ2) is 12.0. The van der Waals surface area contributed by atoms with Crippen LogP contribution in [0.2, 0.25) is 0 Å². The lowest BCUT2D eigenvalue weighted by atomic mass is 10.0. The molecule has 30 heavy (non-hydrogen) atoms. The molecule has 0 saturated carbocycles. The summed E-state index contributed by atoms with van der Waals surface area (Å²) in [4.78, 5) is 47.8. The summed E-state index contributed by atoms with van der Waals surface area (Å²) >= 11 is 0. The lowest BCUT2D eigenvalue weighted by Crippen LogP contribution is -2.38. The maximum Gasteiger partial charge on any atom is 0.308 e. The van der Waals surface area contributed by atoms with E-state index in [2.05, 4.69) is 16.0 Å². The summed E-state index contributed by atoms with van der Waals surface area (Å²) in [6, 6.07) is 17.1. The van der Waals surface area contributed by atoms with Gasteiger partial charge in [-0.2, -0.15) is 0 Å². The predicted octanol–water partition coefficient (Wildman–Crippen LogP) is 1.34. The normalized spacial score (nSPS) is 11.1. The molecule has 0 spiro atoms. The summed E-state index contributed by atoms with van der Waals surface area (Å²) < 4.78 is 5.00. The molecular weight excluding hydrogens is 386 g/mol. The Bertz CT molecular complexity index is 856. The highest BCUT2D eigenvalue weighted by atomic mass is 16.5. The molecule has 0 radical (unpaired) electrons. The smallest absolute Gasteiger partial charge is 0.308 e. The van der Waals surface area contributed by atoms with Crippen LogP contribution in [-0.4, -0.2) is 43.4 Å². The van der Waals surface area contributed by atoms with E-state index in [9.17, 15) is 19.2 Å². The van der Waals surface area contributed by atoms with Gasteiger partial charge in [-0.05, 0) is 24.6 Å². The number of likely N-dealkylation sites (N-methyl/N-ethyl adjacent to an activating group) is 1. The zero-order valence-corrected chi connectivity index (χ0v) is 16.7. The molecule has 0 aliphatic rings. The zero-order chi connectivity index (χ0) is 21.8. The first kappa shape index (κ1) is 22.6. The molecule has 2 rings (SSSR count). The van der Waals surface area contributed by atoms with Gasteiger partial charge in [0, 0.05) is 12.1 Å². The van der Waals surface area contributed by atoms with Crippen molar-refractivity contribution in [1.82, 2.24) is 16.0 Å². The molecule has 0 fully saturated rings. The number of carbonyl (C=O) groups is 4. The number of hydrogen-bond acceptors (Lipinski definition) is 5. The minimum atomic E-state index is -0.648. The fourth-order valence-electron chi connectivity index (χ4n) is 2.63. The molecule has 2 aromatic carbocycles. The van der Waals surface area contributed by atoms with Gasteiger partial charge in [0.2, 0.25) is 5.91 Å². The Balaban J connectivity index is 1.92. The van der Waals surface area contributed by atoms with Gasteiger partial charge in [-0.15, -0.1) is 0 Å². The van der Waals surface area contributed by atoms with Crippen molar-refractivity contribution in [3.8, 4) is 0 Å². The van der Waals surface area contributed by atoms with Gasteiger partial charge in [-0.1, -0.05) is 48.5 Å². The average Bonchev–Trinajstić information content (AvgIpc) is 2.77. The largest absolute Gasteiger partial charge is 0.456 e. The summed E-state index contributed by atoms with van der Waals surface area (Å²) in [6.45, 7) is 1.52. The van der Waals surface area contributed by atoms with Crippen molar-refractivity contribution in [1.29, 1.82) is 0 Å². The number of rotatable bonds is 10. The summed E-state index contributed by atoms with van der Waals surface area (Å²) in [5.74, 6) is -1.88. The molecule has 158 valence electrons. The molecule has 2 aromatic rings. The number of amides is 3. The Morgan fingerprint density at radius 1 is 0.867 bits per heavy atom. The van der Waals surface area contributed by atoms with E-state index in [0.717, 1.165) is 5.56 Å². The van der Waals surface area contributed by atoms with Gasteiger partial charge in [-0.25, -0.2) is 0 Å². The van der Waals surface area contributed by atoms with Crippen molar-refractivity contribution in [2.24, 2.45) is 0 Å². The van der Waals surface area contributed by atoms with Crippen LogP contribution in [0.4, 0.5) is 0 Å². The summed E-state index contributed by atoms with van der Waals surface area (Å²) in [5, 5.41) is 7.73. The molecule has 3 N–H and O–H groups in total. The van der Waals surface area contributed by atoms with Crippen LogP contribution in [0.25, 0.3) is 0 Å². The van der Waals surface area contributed by atoms with Crippen LogP contribution in [-0.2, 0) is 19.1 Å². The second-order valence-corrected chi connectivity index (χ2v) is 6.40. The average molecular weight is 411 g/mol. The van der Waals surface area contributed by atoms with Gasteiger partial charge in [0.1, 0.15) is 0 Å². The van der Waals surface area contributed by atoms with Crippen molar-refractivity contribution >= 4 is 23.7 Å². The zero-order valence-electron chi connectivity index (χ0n) is 16.7. The van der Waals surface area contributed by atoms with Gasteiger partial charge >= 0.3 is 5.97 Å². The number of hydrogen-bond donors (Lipinski definition) is 3. The number of nitrogens with one attached hydrogen (secondary N) is 3. The van der Waals surface area contributed by atoms with Gasteiger partial charge < -0.3 is 20.7 Å². The molecule has 0 bridgehead atoms. The van der Waals surface area contributed by atoms with Gasteiger partial charge in [-0.3, -0.25) is 19.2 Å². The van der Waals surface area contributed by atoms with E-state index >= 15 is 0 Å². The third kappa shape index (κ3) is 7.75. The standard InChI is InChI=1S/C22H25N3O5/c1-2-23-19(26)14-24-20(27)15-30-21(28)13-18(16-9-5-3-6-10-16)25-22(29)17-11-7-4-8-12-17/h3-12,18H,2,13-15H2,1H3,(H,23,26)(H,24,27)(H,25,29)/t18-/m1/s1. The molecule has 0 aromatic heterocycles. The third-order valence-electron chi connectivity index (χ3n) is 4.10. The molecule has 8 heteroatoms. The first-order valence-electron chi connectivity index (χ1n) is 9.59. The number of benzene rings is 2. The van der Waals surface area contributed by atoms with E-state index < -0.39 is 24.5 Å².